The first-order valence-electron chi connectivity index (χ1n) is 13.8. The largest absolute Gasteiger partial charge is 0.453 e. The molecular weight excluding hydrogens is 496 g/mol. The number of aryl methyl sites for hydroxylation is 1. The van der Waals surface area contributed by atoms with Gasteiger partial charge in [0.15, 0.2) is 5.60 Å². The molecule has 0 aromatic heterocycles. The highest BCUT2D eigenvalue weighted by molar-refractivity contribution is 5.82. The maximum atomic E-state index is 13.9. The molecule has 1 aliphatic heterocycles. The molecule has 1 aromatic carbocycles. The summed E-state index contributed by atoms with van der Waals surface area (Å²) in [6.07, 6.45) is 2.00. The maximum Gasteiger partial charge on any atom is 0.409 e. The number of alkyl carbamates (subject to hydrolysis) is 1. The number of hydrogen-bond acceptors (Lipinski definition) is 6. The number of fused-ring (bicyclic) bond motifs is 1. The van der Waals surface area contributed by atoms with Crippen LogP contribution in [0.15, 0.2) is 24.3 Å². The lowest BCUT2D eigenvalue weighted by Gasteiger charge is -2.43. The number of ether oxygens (including phenoxy) is 3. The fraction of sp³-hybridized carbons (Fsp3) is 0.645. The van der Waals surface area contributed by atoms with Gasteiger partial charge in [0, 0.05) is 24.1 Å². The van der Waals surface area contributed by atoms with Crippen LogP contribution in [0.5, 0.6) is 0 Å². The summed E-state index contributed by atoms with van der Waals surface area (Å²) >= 11 is 0. The third-order valence-electron chi connectivity index (χ3n) is 7.11. The maximum absolute atomic E-state index is 13.9. The van der Waals surface area contributed by atoms with Crippen molar-refractivity contribution in [2.75, 3.05) is 13.7 Å². The summed E-state index contributed by atoms with van der Waals surface area (Å²) in [5.74, 6) is 5.88. The third-order valence-corrected chi connectivity index (χ3v) is 7.11. The zero-order chi connectivity index (χ0) is 29.0. The van der Waals surface area contributed by atoms with E-state index >= 15 is 0 Å². The van der Waals surface area contributed by atoms with Crippen molar-refractivity contribution in [1.29, 1.82) is 0 Å². The van der Waals surface area contributed by atoms with E-state index in [2.05, 4.69) is 17.2 Å². The van der Waals surface area contributed by atoms with Gasteiger partial charge in [-0.2, -0.15) is 0 Å². The molecule has 1 aliphatic carbocycles. The molecule has 1 N–H and O–H groups in total. The van der Waals surface area contributed by atoms with Gasteiger partial charge in [-0.05, 0) is 88.8 Å². The third kappa shape index (κ3) is 8.14. The minimum Gasteiger partial charge on any atom is -0.453 e. The lowest BCUT2D eigenvalue weighted by molar-refractivity contribution is -0.166. The van der Waals surface area contributed by atoms with Gasteiger partial charge >= 0.3 is 18.2 Å². The molecule has 8 heteroatoms. The summed E-state index contributed by atoms with van der Waals surface area (Å²) in [5.41, 5.74) is -0.188. The van der Waals surface area contributed by atoms with Crippen molar-refractivity contribution >= 4 is 18.2 Å². The smallest absolute Gasteiger partial charge is 0.409 e. The number of hydrogen-bond donors (Lipinski definition) is 1. The van der Waals surface area contributed by atoms with Crippen molar-refractivity contribution in [2.45, 2.75) is 104 Å². The highest BCUT2D eigenvalue weighted by Gasteiger charge is 2.54. The molecule has 2 fully saturated rings. The van der Waals surface area contributed by atoms with Crippen molar-refractivity contribution in [2.24, 2.45) is 11.3 Å². The minimum atomic E-state index is -1.11. The van der Waals surface area contributed by atoms with Gasteiger partial charge in [-0.1, -0.05) is 38.8 Å². The van der Waals surface area contributed by atoms with E-state index in [1.54, 1.807) is 25.7 Å². The number of methoxy groups -OCH3 is 1. The van der Waals surface area contributed by atoms with E-state index in [9.17, 15) is 14.4 Å². The number of rotatable bonds is 4. The number of amides is 2. The second-order valence-corrected chi connectivity index (χ2v) is 12.9. The minimum absolute atomic E-state index is 0.148. The van der Waals surface area contributed by atoms with Crippen molar-refractivity contribution < 1.29 is 28.6 Å². The predicted octanol–water partition coefficient (Wildman–Crippen LogP) is 5.60. The van der Waals surface area contributed by atoms with E-state index in [-0.39, 0.29) is 23.5 Å². The van der Waals surface area contributed by atoms with Crippen molar-refractivity contribution in [3.05, 3.63) is 35.4 Å². The fourth-order valence-corrected chi connectivity index (χ4v) is 5.57. The van der Waals surface area contributed by atoms with Crippen LogP contribution in [0.4, 0.5) is 9.59 Å². The van der Waals surface area contributed by atoms with Gasteiger partial charge in [-0.25, -0.2) is 14.4 Å². The number of nitrogens with one attached hydrogen (secondary N) is 1. The Balaban J connectivity index is 1.98. The second-order valence-electron chi connectivity index (χ2n) is 12.9. The average molecular weight is 541 g/mol. The molecule has 1 saturated heterocycles. The predicted molar refractivity (Wildman–Crippen MR) is 149 cm³/mol. The molecule has 3 rings (SSSR count). The van der Waals surface area contributed by atoms with E-state index in [0.717, 1.165) is 24.0 Å². The number of nitrogens with zero attached hydrogens (tertiary/aromatic N) is 1. The molecule has 1 saturated carbocycles. The van der Waals surface area contributed by atoms with Crippen molar-refractivity contribution in [1.82, 2.24) is 10.2 Å². The summed E-state index contributed by atoms with van der Waals surface area (Å²) < 4.78 is 16.9. The van der Waals surface area contributed by atoms with Crippen LogP contribution in [0.2, 0.25) is 0 Å². The Labute approximate surface area is 233 Å². The fourth-order valence-electron chi connectivity index (χ4n) is 5.57. The average Bonchev–Trinajstić information content (AvgIpc) is 3.25. The van der Waals surface area contributed by atoms with Gasteiger partial charge in [0.1, 0.15) is 11.6 Å². The lowest BCUT2D eigenvalue weighted by atomic mass is 9.72. The zero-order valence-electron chi connectivity index (χ0n) is 24.7. The van der Waals surface area contributed by atoms with Gasteiger partial charge in [-0.15, -0.1) is 0 Å². The van der Waals surface area contributed by atoms with Crippen LogP contribution >= 0.6 is 0 Å². The molecule has 4 atom stereocenters. The van der Waals surface area contributed by atoms with Gasteiger partial charge < -0.3 is 24.4 Å². The standard InChI is InChI=1S/C31H44N2O6/c1-21-11-9-12-22(19-21)14-17-31(16-10-13-25-23(31)15-18-33(25)28(36)37-8)38-26(34)24(20-29(2,3)4)32-27(35)39-30(5,6)7/h9,11-12,19,23-25H,10,13,15-16,18,20H2,1-8H3,(H,32,35)/t23-,24+,25-,31-/m1/s1. The number of carbonyl (C=O) groups excluding carboxylic acids is 3. The summed E-state index contributed by atoms with van der Waals surface area (Å²) in [6.45, 7) is 13.8. The van der Waals surface area contributed by atoms with E-state index in [1.165, 1.54) is 7.11 Å². The lowest BCUT2D eigenvalue weighted by Crippen LogP contribution is -2.54. The van der Waals surface area contributed by atoms with Crippen molar-refractivity contribution in [3.8, 4) is 11.8 Å². The van der Waals surface area contributed by atoms with Crippen LogP contribution in [0.1, 0.15) is 84.8 Å². The molecule has 2 amide bonds. The summed E-state index contributed by atoms with van der Waals surface area (Å²) in [6, 6.07) is 6.80. The van der Waals surface area contributed by atoms with E-state index < -0.39 is 29.3 Å². The van der Waals surface area contributed by atoms with Gasteiger partial charge in [0.05, 0.1) is 7.11 Å². The summed E-state index contributed by atoms with van der Waals surface area (Å²) in [4.78, 5) is 40.8. The van der Waals surface area contributed by atoms with Crippen LogP contribution in [0, 0.1) is 30.1 Å². The van der Waals surface area contributed by atoms with Crippen LogP contribution in [0.25, 0.3) is 0 Å². The Morgan fingerprint density at radius 1 is 1.15 bits per heavy atom. The molecule has 214 valence electrons. The molecule has 0 unspecified atom stereocenters. The number of esters is 1. The molecule has 39 heavy (non-hydrogen) atoms. The van der Waals surface area contributed by atoms with Gasteiger partial charge in [-0.3, -0.25) is 0 Å². The first kappa shape index (κ1) is 30.3. The molecule has 0 radical (unpaired) electrons. The summed E-state index contributed by atoms with van der Waals surface area (Å²) in [7, 11) is 1.38. The monoisotopic (exact) mass is 540 g/mol. The molecule has 0 spiro atoms. The molecule has 1 heterocycles. The Hall–Kier alpha value is -3.21. The zero-order valence-corrected chi connectivity index (χ0v) is 24.7. The Bertz CT molecular complexity index is 1120. The molecule has 2 aliphatic rings. The first-order valence-corrected chi connectivity index (χ1v) is 13.8. The quantitative estimate of drug-likeness (QED) is 0.304. The number of likely N-dealkylation sites (tertiary alicyclic amines) is 1. The number of carbonyl (C=O) groups is 3. The van der Waals surface area contributed by atoms with E-state index in [1.807, 2.05) is 52.0 Å². The molecule has 8 nitrogen and oxygen atoms in total. The SMILES string of the molecule is COC(=O)N1CC[C@@H]2[C@H]1CCC[C@]2(C#Cc1cccc(C)c1)OC(=O)[C@H](CC(C)(C)C)NC(=O)OC(C)(C)C. The Morgan fingerprint density at radius 3 is 2.49 bits per heavy atom. The first-order chi connectivity index (χ1) is 18.1. The van der Waals surface area contributed by atoms with Crippen molar-refractivity contribution in [3.63, 3.8) is 0 Å². The van der Waals surface area contributed by atoms with Crippen LogP contribution in [-0.4, -0.2) is 60.0 Å². The van der Waals surface area contributed by atoms with E-state index in [4.69, 9.17) is 14.2 Å². The van der Waals surface area contributed by atoms with Crippen LogP contribution in [0.3, 0.4) is 0 Å². The summed E-state index contributed by atoms with van der Waals surface area (Å²) in [5, 5.41) is 2.75. The normalized spacial score (nSPS) is 23.5. The Kier molecular flexibility index (Phi) is 9.25. The highest BCUT2D eigenvalue weighted by Crippen LogP contribution is 2.45. The Morgan fingerprint density at radius 2 is 1.87 bits per heavy atom. The highest BCUT2D eigenvalue weighted by atomic mass is 16.6. The van der Waals surface area contributed by atoms with Crippen LogP contribution < -0.4 is 5.32 Å². The number of benzene rings is 1. The van der Waals surface area contributed by atoms with Crippen LogP contribution in [-0.2, 0) is 19.0 Å². The van der Waals surface area contributed by atoms with Gasteiger partial charge in [0.25, 0.3) is 0 Å². The topological polar surface area (TPSA) is 94.2 Å². The molecular formula is C31H44N2O6. The molecule has 1 aromatic rings. The van der Waals surface area contributed by atoms with Gasteiger partial charge in [0.2, 0.25) is 0 Å². The molecule has 0 bridgehead atoms. The van der Waals surface area contributed by atoms with E-state index in [0.29, 0.717) is 25.8 Å². The second kappa shape index (κ2) is 11.9.